The van der Waals surface area contributed by atoms with Crippen LogP contribution in [0.4, 0.5) is 0 Å². The number of ketones is 4. The van der Waals surface area contributed by atoms with Gasteiger partial charge < -0.3 is 4.74 Å². The summed E-state index contributed by atoms with van der Waals surface area (Å²) in [6.07, 6.45) is 23.7. The summed E-state index contributed by atoms with van der Waals surface area (Å²) in [5, 5.41) is 2.13. The first-order chi connectivity index (χ1) is 28.7. The van der Waals surface area contributed by atoms with Crippen molar-refractivity contribution in [3.8, 4) is 5.75 Å². The molecule has 7 unspecified atom stereocenters. The van der Waals surface area contributed by atoms with Crippen LogP contribution in [0.3, 0.4) is 0 Å². The molecule has 5 heteroatoms. The molecule has 0 spiro atoms. The van der Waals surface area contributed by atoms with Gasteiger partial charge in [-0.15, -0.1) is 6.58 Å². The van der Waals surface area contributed by atoms with E-state index in [-0.39, 0.29) is 47.1 Å². The molecular weight excluding hydrogens is 741 g/mol. The lowest BCUT2D eigenvalue weighted by atomic mass is 9.69. The fourth-order valence-electron chi connectivity index (χ4n) is 12.1. The van der Waals surface area contributed by atoms with Crippen molar-refractivity contribution in [1.29, 1.82) is 0 Å². The maximum atomic E-state index is 15.3. The number of hydrogen-bond acceptors (Lipinski definition) is 5. The largest absolute Gasteiger partial charge is 0.490 e. The molecule has 0 aliphatic heterocycles. The highest BCUT2D eigenvalue weighted by Gasteiger charge is 2.58. The van der Waals surface area contributed by atoms with Gasteiger partial charge in [0.2, 0.25) is 0 Å². The topological polar surface area (TPSA) is 77.5 Å². The molecule has 60 heavy (non-hydrogen) atoms. The molecule has 0 bridgehead atoms. The number of allylic oxidation sites excluding steroid dienone is 5. The van der Waals surface area contributed by atoms with Gasteiger partial charge in [-0.1, -0.05) is 122 Å². The summed E-state index contributed by atoms with van der Waals surface area (Å²) in [6.45, 7) is 16.5. The molecule has 4 saturated carbocycles. The third-order valence-corrected chi connectivity index (χ3v) is 15.5. The lowest BCUT2D eigenvalue weighted by Crippen LogP contribution is -2.36. The summed E-state index contributed by atoms with van der Waals surface area (Å²) < 4.78 is 7.11. The Morgan fingerprint density at radius 3 is 2.33 bits per heavy atom. The van der Waals surface area contributed by atoms with Crippen molar-refractivity contribution in [1.82, 2.24) is 0 Å². The summed E-state index contributed by atoms with van der Waals surface area (Å²) in [5.74, 6) is 2.20. The minimum Gasteiger partial charge on any atom is -0.490 e. The fraction of sp³-hybridized carbons (Fsp3) is 0.636. The Morgan fingerprint density at radius 2 is 1.67 bits per heavy atom. The van der Waals surface area contributed by atoms with Crippen LogP contribution in [0.25, 0.3) is 16.3 Å². The van der Waals surface area contributed by atoms with Gasteiger partial charge in [0, 0.05) is 47.8 Å². The maximum Gasteiger partial charge on any atom is 0.140 e. The molecule has 5 aliphatic carbocycles. The standard InChI is InChI=1S/C55H74O5/c1-8-37-20-22-47-43(25-37)28-42(41-21-19-39(26-41)27-45(57)33-54(5,6)7)29-52(47)60-46-30-49(51(58)34-55(36(4)56)32-44(55)9-2)50(31-46)53(59)48(40-17-11-10-12-18-40)24-35(3)23-38-15-13-14-16-38/h9,20-22,25-26,28-29,35,38,40,44,46,48-50H,2,8,10-19,23-24,27,30-34H2,1,3-7H3. The number of benzene rings is 2. The Bertz CT molecular complexity index is 2000. The second-order valence-electron chi connectivity index (χ2n) is 21.5. The summed E-state index contributed by atoms with van der Waals surface area (Å²) in [6, 6.07) is 11.0. The van der Waals surface area contributed by atoms with E-state index in [0.717, 1.165) is 71.3 Å². The normalized spacial score (nSPS) is 27.0. The van der Waals surface area contributed by atoms with E-state index >= 15 is 4.79 Å². The average molecular weight is 815 g/mol. The molecule has 324 valence electrons. The number of carbonyl (C=O) groups is 4. The second kappa shape index (κ2) is 18.8. The number of carbonyl (C=O) groups excluding carboxylic acids is 4. The van der Waals surface area contributed by atoms with E-state index in [1.54, 1.807) is 6.92 Å². The third kappa shape index (κ3) is 10.4. The molecule has 7 rings (SSSR count). The van der Waals surface area contributed by atoms with Gasteiger partial charge >= 0.3 is 0 Å². The van der Waals surface area contributed by atoms with E-state index < -0.39 is 17.3 Å². The quantitative estimate of drug-likeness (QED) is 0.132. The summed E-state index contributed by atoms with van der Waals surface area (Å²) in [5.41, 5.74) is 3.85. The predicted octanol–water partition coefficient (Wildman–Crippen LogP) is 13.4. The molecular formula is C55H74O5. The second-order valence-corrected chi connectivity index (χ2v) is 21.5. The lowest BCUT2D eigenvalue weighted by molar-refractivity contribution is -0.137. The third-order valence-electron chi connectivity index (χ3n) is 15.5. The van der Waals surface area contributed by atoms with Crippen LogP contribution < -0.4 is 4.74 Å². The van der Waals surface area contributed by atoms with Crippen molar-refractivity contribution in [3.63, 3.8) is 0 Å². The van der Waals surface area contributed by atoms with E-state index in [4.69, 9.17) is 4.74 Å². The summed E-state index contributed by atoms with van der Waals surface area (Å²) in [4.78, 5) is 56.0. The van der Waals surface area contributed by atoms with E-state index in [9.17, 15) is 14.4 Å². The minimum absolute atomic E-state index is 0.0196. The fourth-order valence-corrected chi connectivity index (χ4v) is 12.1. The van der Waals surface area contributed by atoms with Gasteiger partial charge in [0.15, 0.2) is 0 Å². The van der Waals surface area contributed by atoms with E-state index in [0.29, 0.717) is 49.7 Å². The van der Waals surface area contributed by atoms with Crippen molar-refractivity contribution in [2.75, 3.05) is 0 Å². The average Bonchev–Trinajstić information content (AvgIpc) is 3.62. The van der Waals surface area contributed by atoms with Crippen molar-refractivity contribution in [3.05, 3.63) is 71.8 Å². The number of Topliss-reactive ketones (excluding diaryl/α,β-unsaturated/α-hetero) is 4. The molecule has 0 amide bonds. The first-order valence-corrected chi connectivity index (χ1v) is 24.0. The van der Waals surface area contributed by atoms with Gasteiger partial charge in [-0.3, -0.25) is 19.2 Å². The zero-order valence-corrected chi connectivity index (χ0v) is 37.9. The Hall–Kier alpha value is -3.60. The van der Waals surface area contributed by atoms with Crippen molar-refractivity contribution in [2.45, 2.75) is 170 Å². The molecule has 0 heterocycles. The molecule has 0 N–H and O–H groups in total. The lowest BCUT2D eigenvalue weighted by Gasteiger charge is -2.34. The minimum atomic E-state index is -0.676. The number of ether oxygens (including phenoxy) is 1. The molecule has 5 aliphatic rings. The molecule has 7 atom stereocenters. The highest BCUT2D eigenvalue weighted by atomic mass is 16.5. The molecule has 0 radical (unpaired) electrons. The van der Waals surface area contributed by atoms with E-state index in [1.807, 2.05) is 6.08 Å². The van der Waals surface area contributed by atoms with Gasteiger partial charge in [-0.2, -0.15) is 0 Å². The number of rotatable bonds is 19. The molecule has 0 aromatic heterocycles. The predicted molar refractivity (Wildman–Crippen MR) is 245 cm³/mol. The highest BCUT2D eigenvalue weighted by molar-refractivity contribution is 5.97. The zero-order chi connectivity index (χ0) is 42.8. The van der Waals surface area contributed by atoms with Crippen LogP contribution in [-0.4, -0.2) is 29.2 Å². The molecule has 2 aromatic rings. The first kappa shape index (κ1) is 44.5. The molecule has 5 nitrogen and oxygen atoms in total. The molecule has 2 aromatic carbocycles. The summed E-state index contributed by atoms with van der Waals surface area (Å²) in [7, 11) is 0. The van der Waals surface area contributed by atoms with Crippen LogP contribution in [0.5, 0.6) is 5.75 Å². The van der Waals surface area contributed by atoms with Crippen LogP contribution >= 0.6 is 0 Å². The summed E-state index contributed by atoms with van der Waals surface area (Å²) >= 11 is 0. The van der Waals surface area contributed by atoms with Gasteiger partial charge in [0.25, 0.3) is 0 Å². The number of aryl methyl sites for hydroxylation is 1. The Morgan fingerprint density at radius 1 is 0.950 bits per heavy atom. The van der Waals surface area contributed by atoms with Gasteiger partial charge in [-0.25, -0.2) is 0 Å². The number of hydrogen-bond donors (Lipinski definition) is 0. The van der Waals surface area contributed by atoms with Crippen molar-refractivity contribution in [2.24, 2.45) is 52.3 Å². The monoisotopic (exact) mass is 815 g/mol. The van der Waals surface area contributed by atoms with Gasteiger partial charge in [0.05, 0.1) is 0 Å². The first-order valence-electron chi connectivity index (χ1n) is 24.0. The highest BCUT2D eigenvalue weighted by Crippen LogP contribution is 2.58. The van der Waals surface area contributed by atoms with Crippen LogP contribution in [0, 0.1) is 52.3 Å². The van der Waals surface area contributed by atoms with Crippen molar-refractivity contribution < 1.29 is 23.9 Å². The molecule has 4 fully saturated rings. The van der Waals surface area contributed by atoms with Gasteiger partial charge in [-0.05, 0) is 128 Å². The maximum absolute atomic E-state index is 15.3. The van der Waals surface area contributed by atoms with Crippen LogP contribution in [-0.2, 0) is 25.6 Å². The van der Waals surface area contributed by atoms with Gasteiger partial charge in [0.1, 0.15) is 35.0 Å². The van der Waals surface area contributed by atoms with Crippen LogP contribution in [0.15, 0.2) is 60.7 Å². The smallest absolute Gasteiger partial charge is 0.140 e. The number of fused-ring (bicyclic) bond motifs is 1. The Balaban J connectivity index is 1.18. The Kier molecular flexibility index (Phi) is 13.9. The van der Waals surface area contributed by atoms with Crippen LogP contribution in [0.1, 0.15) is 168 Å². The van der Waals surface area contributed by atoms with E-state index in [1.165, 1.54) is 56.9 Å². The van der Waals surface area contributed by atoms with Crippen molar-refractivity contribution >= 4 is 39.5 Å². The zero-order valence-electron chi connectivity index (χ0n) is 37.9. The Labute approximate surface area is 361 Å². The SMILES string of the molecule is C=CC1CC1(CC(=O)C1CC(Oc2cc(C3=CCC(CC(=O)CC(C)(C)C)=C3)cc3cc(CC)ccc23)CC1C(=O)C(CC(C)CC1CCCC1)C1CCCCC1)C(C)=O. The van der Waals surface area contributed by atoms with E-state index in [2.05, 4.69) is 83.7 Å². The molecule has 0 saturated heterocycles. The van der Waals surface area contributed by atoms with Crippen LogP contribution in [0.2, 0.25) is 0 Å².